The number of para-hydroxylation sites is 1. The minimum Gasteiger partial charge on any atom is -0.496 e. The minimum atomic E-state index is -0.365. The van der Waals surface area contributed by atoms with Crippen LogP contribution in [0.1, 0.15) is 43.6 Å². The van der Waals surface area contributed by atoms with Crippen LogP contribution in [0, 0.1) is 17.8 Å². The van der Waals surface area contributed by atoms with Crippen molar-refractivity contribution in [2.75, 3.05) is 13.7 Å². The van der Waals surface area contributed by atoms with Gasteiger partial charge in [-0.2, -0.15) is 0 Å². The lowest BCUT2D eigenvalue weighted by molar-refractivity contribution is 0.100. The van der Waals surface area contributed by atoms with E-state index < -0.39 is 0 Å². The highest BCUT2D eigenvalue weighted by atomic mass is 16.5. The second-order valence-electron chi connectivity index (χ2n) is 6.82. The second kappa shape index (κ2) is 6.37. The van der Waals surface area contributed by atoms with E-state index in [0.717, 1.165) is 29.6 Å². The zero-order valence-corrected chi connectivity index (χ0v) is 12.9. The molecule has 1 aromatic carbocycles. The molecule has 21 heavy (non-hydrogen) atoms. The molecule has 3 heteroatoms. The smallest absolute Gasteiger partial charge is 0.122 e. The molecule has 2 aliphatic carbocycles. The molecule has 0 aromatic heterocycles. The zero-order valence-electron chi connectivity index (χ0n) is 12.9. The van der Waals surface area contributed by atoms with Gasteiger partial charge in [0.25, 0.3) is 0 Å². The van der Waals surface area contributed by atoms with Crippen LogP contribution in [0.3, 0.4) is 0 Å². The Morgan fingerprint density at radius 1 is 1.29 bits per heavy atom. The third-order valence-electron chi connectivity index (χ3n) is 5.69. The summed E-state index contributed by atoms with van der Waals surface area (Å²) in [5.74, 6) is 3.28. The van der Waals surface area contributed by atoms with Crippen LogP contribution in [0.25, 0.3) is 0 Å². The molecule has 1 aromatic rings. The lowest BCUT2D eigenvalue weighted by Gasteiger charge is -2.29. The molecule has 3 N–H and O–H groups in total. The molecule has 3 nitrogen and oxygen atoms in total. The van der Waals surface area contributed by atoms with E-state index in [2.05, 4.69) is 0 Å². The van der Waals surface area contributed by atoms with Gasteiger partial charge in [0.15, 0.2) is 0 Å². The predicted molar refractivity (Wildman–Crippen MR) is 84.4 cm³/mol. The van der Waals surface area contributed by atoms with Crippen LogP contribution < -0.4 is 10.5 Å². The van der Waals surface area contributed by atoms with Gasteiger partial charge in [-0.25, -0.2) is 0 Å². The molecule has 5 unspecified atom stereocenters. The standard InChI is InChI=1S/C18H27NO2/c1-21-18-5-3-2-4-15(18)16(11-19)17(20)10-14-9-12-6-7-13(14)8-12/h2-5,12-14,16-17,20H,6-11,19H2,1H3. The van der Waals surface area contributed by atoms with Crippen LogP contribution in [0.15, 0.2) is 24.3 Å². The Labute approximate surface area is 127 Å². The van der Waals surface area contributed by atoms with Gasteiger partial charge in [0.2, 0.25) is 0 Å². The summed E-state index contributed by atoms with van der Waals surface area (Å²) in [7, 11) is 1.68. The molecule has 5 atom stereocenters. The number of nitrogens with two attached hydrogens (primary N) is 1. The first-order valence-electron chi connectivity index (χ1n) is 8.24. The van der Waals surface area contributed by atoms with E-state index in [0.29, 0.717) is 12.5 Å². The molecule has 0 amide bonds. The van der Waals surface area contributed by atoms with Crippen molar-refractivity contribution in [2.45, 2.75) is 44.1 Å². The van der Waals surface area contributed by atoms with Gasteiger partial charge in [0.05, 0.1) is 13.2 Å². The summed E-state index contributed by atoms with van der Waals surface area (Å²) in [6, 6.07) is 7.92. The third kappa shape index (κ3) is 2.95. The highest BCUT2D eigenvalue weighted by Gasteiger charge is 2.41. The summed E-state index contributed by atoms with van der Waals surface area (Å²) in [5, 5.41) is 10.7. The average molecular weight is 289 g/mol. The number of methoxy groups -OCH3 is 1. The first-order chi connectivity index (χ1) is 10.2. The molecular formula is C18H27NO2. The van der Waals surface area contributed by atoms with Crippen molar-refractivity contribution in [1.82, 2.24) is 0 Å². The summed E-state index contributed by atoms with van der Waals surface area (Å²) in [4.78, 5) is 0. The molecule has 2 fully saturated rings. The van der Waals surface area contributed by atoms with E-state index in [9.17, 15) is 5.11 Å². The maximum absolute atomic E-state index is 10.7. The summed E-state index contributed by atoms with van der Waals surface area (Å²) in [6.45, 7) is 0.461. The Kier molecular flexibility index (Phi) is 4.51. The van der Waals surface area contributed by atoms with Crippen LogP contribution >= 0.6 is 0 Å². The van der Waals surface area contributed by atoms with Crippen LogP contribution in [-0.4, -0.2) is 24.9 Å². The molecule has 0 spiro atoms. The van der Waals surface area contributed by atoms with Crippen molar-refractivity contribution >= 4 is 0 Å². The fourth-order valence-corrected chi connectivity index (χ4v) is 4.60. The van der Waals surface area contributed by atoms with E-state index in [1.165, 1.54) is 25.7 Å². The zero-order chi connectivity index (χ0) is 14.8. The Bertz CT molecular complexity index is 476. The number of hydrogen-bond donors (Lipinski definition) is 2. The van der Waals surface area contributed by atoms with Gasteiger partial charge >= 0.3 is 0 Å². The summed E-state index contributed by atoms with van der Waals surface area (Å²) < 4.78 is 5.43. The topological polar surface area (TPSA) is 55.5 Å². The van der Waals surface area contributed by atoms with Crippen molar-refractivity contribution in [3.05, 3.63) is 29.8 Å². The minimum absolute atomic E-state index is 0.0275. The van der Waals surface area contributed by atoms with Crippen LogP contribution in [0.5, 0.6) is 5.75 Å². The van der Waals surface area contributed by atoms with Gasteiger partial charge in [-0.3, -0.25) is 0 Å². The lowest BCUT2D eigenvalue weighted by atomic mass is 9.80. The summed E-state index contributed by atoms with van der Waals surface area (Å²) in [6.07, 6.45) is 6.00. The van der Waals surface area contributed by atoms with E-state index >= 15 is 0 Å². The molecule has 0 aliphatic heterocycles. The second-order valence-corrected chi connectivity index (χ2v) is 6.82. The molecule has 2 bridgehead atoms. The first-order valence-corrected chi connectivity index (χ1v) is 8.24. The Morgan fingerprint density at radius 3 is 2.71 bits per heavy atom. The quantitative estimate of drug-likeness (QED) is 0.846. The summed E-state index contributed by atoms with van der Waals surface area (Å²) >= 11 is 0. The number of rotatable bonds is 6. The Balaban J connectivity index is 1.70. The fraction of sp³-hybridized carbons (Fsp3) is 0.667. The van der Waals surface area contributed by atoms with Gasteiger partial charge in [0, 0.05) is 18.0 Å². The van der Waals surface area contributed by atoms with Gasteiger partial charge in [-0.15, -0.1) is 0 Å². The molecule has 3 rings (SSSR count). The Hall–Kier alpha value is -1.06. The van der Waals surface area contributed by atoms with Crippen molar-refractivity contribution in [3.63, 3.8) is 0 Å². The van der Waals surface area contributed by atoms with Crippen molar-refractivity contribution in [1.29, 1.82) is 0 Å². The van der Waals surface area contributed by atoms with Crippen molar-refractivity contribution < 1.29 is 9.84 Å². The highest BCUT2D eigenvalue weighted by molar-refractivity contribution is 5.37. The normalized spacial score (nSPS) is 30.3. The first kappa shape index (κ1) is 14.9. The average Bonchev–Trinajstić information content (AvgIpc) is 3.11. The van der Waals surface area contributed by atoms with Crippen molar-refractivity contribution in [2.24, 2.45) is 23.5 Å². The van der Waals surface area contributed by atoms with Crippen LogP contribution in [0.2, 0.25) is 0 Å². The highest BCUT2D eigenvalue weighted by Crippen LogP contribution is 2.50. The predicted octanol–water partition coefficient (Wildman–Crippen LogP) is 2.92. The molecular weight excluding hydrogens is 262 g/mol. The third-order valence-corrected chi connectivity index (χ3v) is 5.69. The number of fused-ring (bicyclic) bond motifs is 2. The number of aliphatic hydroxyl groups excluding tert-OH is 1. The van der Waals surface area contributed by atoms with E-state index in [4.69, 9.17) is 10.5 Å². The number of benzene rings is 1. The monoisotopic (exact) mass is 289 g/mol. The largest absolute Gasteiger partial charge is 0.496 e. The van der Waals surface area contributed by atoms with E-state index in [1.54, 1.807) is 7.11 Å². The van der Waals surface area contributed by atoms with Crippen molar-refractivity contribution in [3.8, 4) is 5.75 Å². The lowest BCUT2D eigenvalue weighted by Crippen LogP contribution is -2.29. The molecule has 0 heterocycles. The SMILES string of the molecule is COc1ccccc1C(CN)C(O)CC1CC2CCC1C2. The Morgan fingerprint density at radius 2 is 2.10 bits per heavy atom. The molecule has 0 radical (unpaired) electrons. The fourth-order valence-electron chi connectivity index (χ4n) is 4.60. The van der Waals surface area contributed by atoms with Gasteiger partial charge in [0.1, 0.15) is 5.75 Å². The molecule has 2 aliphatic rings. The number of ether oxygens (including phenoxy) is 1. The van der Waals surface area contributed by atoms with Gasteiger partial charge < -0.3 is 15.6 Å². The van der Waals surface area contributed by atoms with Gasteiger partial charge in [-0.05, 0) is 49.5 Å². The van der Waals surface area contributed by atoms with E-state index in [1.807, 2.05) is 24.3 Å². The van der Waals surface area contributed by atoms with E-state index in [-0.39, 0.29) is 12.0 Å². The summed E-state index contributed by atoms with van der Waals surface area (Å²) in [5.41, 5.74) is 7.00. The number of aliphatic hydroxyl groups is 1. The van der Waals surface area contributed by atoms with Crippen LogP contribution in [-0.2, 0) is 0 Å². The van der Waals surface area contributed by atoms with Crippen LogP contribution in [0.4, 0.5) is 0 Å². The maximum Gasteiger partial charge on any atom is 0.122 e. The van der Waals surface area contributed by atoms with Gasteiger partial charge in [-0.1, -0.05) is 24.6 Å². The number of hydrogen-bond acceptors (Lipinski definition) is 3. The molecule has 0 saturated heterocycles. The molecule has 116 valence electrons. The maximum atomic E-state index is 10.7. The molecule has 2 saturated carbocycles.